The molecule has 0 fully saturated rings. The topological polar surface area (TPSA) is 78.3 Å². The predicted octanol–water partition coefficient (Wildman–Crippen LogP) is 2.85. The molecule has 2 heterocycles. The van der Waals surface area contributed by atoms with E-state index in [9.17, 15) is 13.2 Å². The van der Waals surface area contributed by atoms with E-state index in [1.807, 2.05) is 13.8 Å². The van der Waals surface area contributed by atoms with Gasteiger partial charge in [-0.3, -0.25) is 9.48 Å². The lowest BCUT2D eigenvalue weighted by atomic mass is 9.87. The molecule has 0 aliphatic carbocycles. The van der Waals surface area contributed by atoms with Gasteiger partial charge in [0.1, 0.15) is 5.76 Å². The SMILES string of the molecule is CCC1(CC)OC(c2ccc(S(C)(=O)=O)cc2)=C(c2cnn(C)c2)C1=O. The Kier molecular flexibility index (Phi) is 4.52. The maximum absolute atomic E-state index is 13.2. The molecule has 0 spiro atoms. The number of carbonyl (C=O) groups is 1. The minimum Gasteiger partial charge on any atom is -0.478 e. The summed E-state index contributed by atoms with van der Waals surface area (Å²) in [6, 6.07) is 6.42. The maximum Gasteiger partial charge on any atom is 0.210 e. The van der Waals surface area contributed by atoms with Crippen LogP contribution in [0, 0.1) is 0 Å². The number of Topliss-reactive ketones (excluding diaryl/α,β-unsaturated/α-hetero) is 1. The summed E-state index contributed by atoms with van der Waals surface area (Å²) in [6.45, 7) is 3.86. The van der Waals surface area contributed by atoms with E-state index in [2.05, 4.69) is 5.10 Å². The van der Waals surface area contributed by atoms with Crippen molar-refractivity contribution in [1.29, 1.82) is 0 Å². The molecule has 0 bridgehead atoms. The monoisotopic (exact) mass is 374 g/mol. The second-order valence-corrected chi connectivity index (χ2v) is 8.55. The van der Waals surface area contributed by atoms with Crippen LogP contribution in [0.25, 0.3) is 11.3 Å². The van der Waals surface area contributed by atoms with Crippen molar-refractivity contribution >= 4 is 27.0 Å². The molecule has 6 nitrogen and oxygen atoms in total. The fourth-order valence-electron chi connectivity index (χ4n) is 3.21. The Balaban J connectivity index is 2.16. The zero-order valence-electron chi connectivity index (χ0n) is 15.3. The highest BCUT2D eigenvalue weighted by atomic mass is 32.2. The van der Waals surface area contributed by atoms with Gasteiger partial charge in [-0.05, 0) is 37.1 Å². The number of aryl methyl sites for hydroxylation is 1. The zero-order chi connectivity index (χ0) is 19.1. The van der Waals surface area contributed by atoms with E-state index in [4.69, 9.17) is 4.74 Å². The number of benzene rings is 1. The number of ketones is 1. The highest BCUT2D eigenvalue weighted by Crippen LogP contribution is 2.44. The van der Waals surface area contributed by atoms with Gasteiger partial charge in [-0.2, -0.15) is 5.10 Å². The summed E-state index contributed by atoms with van der Waals surface area (Å²) in [4.78, 5) is 13.4. The molecule has 0 saturated carbocycles. The van der Waals surface area contributed by atoms with E-state index >= 15 is 0 Å². The molecular weight excluding hydrogens is 352 g/mol. The first-order valence-corrected chi connectivity index (χ1v) is 10.4. The van der Waals surface area contributed by atoms with Crippen molar-refractivity contribution in [2.75, 3.05) is 6.26 Å². The summed E-state index contributed by atoms with van der Waals surface area (Å²) >= 11 is 0. The Labute approximate surface area is 153 Å². The minimum absolute atomic E-state index is 0.0577. The third-order valence-corrected chi connectivity index (χ3v) is 5.97. The molecule has 0 radical (unpaired) electrons. The summed E-state index contributed by atoms with van der Waals surface area (Å²) in [5, 5.41) is 4.17. The molecular formula is C19H22N2O4S. The van der Waals surface area contributed by atoms with Gasteiger partial charge in [-0.1, -0.05) is 13.8 Å². The van der Waals surface area contributed by atoms with Crippen molar-refractivity contribution in [3.8, 4) is 0 Å². The van der Waals surface area contributed by atoms with Crippen molar-refractivity contribution in [1.82, 2.24) is 9.78 Å². The fraction of sp³-hybridized carbons (Fsp3) is 0.368. The minimum atomic E-state index is -3.29. The van der Waals surface area contributed by atoms with Crippen LogP contribution in [0.1, 0.15) is 37.8 Å². The molecule has 1 aliphatic heterocycles. The van der Waals surface area contributed by atoms with E-state index in [0.29, 0.717) is 35.3 Å². The van der Waals surface area contributed by atoms with Crippen molar-refractivity contribution in [3.05, 3.63) is 47.8 Å². The Morgan fingerprint density at radius 1 is 1.12 bits per heavy atom. The van der Waals surface area contributed by atoms with Crippen molar-refractivity contribution < 1.29 is 17.9 Å². The third kappa shape index (κ3) is 2.96. The average Bonchev–Trinajstić information content (AvgIpc) is 3.15. The van der Waals surface area contributed by atoms with Gasteiger partial charge in [-0.25, -0.2) is 8.42 Å². The number of hydrogen-bond donors (Lipinski definition) is 0. The van der Waals surface area contributed by atoms with Crippen LogP contribution in [0.15, 0.2) is 41.6 Å². The molecule has 1 aromatic heterocycles. The number of hydrogen-bond acceptors (Lipinski definition) is 5. The summed E-state index contributed by atoms with van der Waals surface area (Å²) in [5.74, 6) is 0.421. The van der Waals surface area contributed by atoms with E-state index < -0.39 is 15.4 Å². The molecule has 7 heteroatoms. The smallest absolute Gasteiger partial charge is 0.210 e. The molecule has 0 amide bonds. The molecule has 0 atom stereocenters. The molecule has 1 aromatic carbocycles. The van der Waals surface area contributed by atoms with Crippen LogP contribution in [-0.2, 0) is 26.4 Å². The second kappa shape index (κ2) is 6.39. The van der Waals surface area contributed by atoms with Gasteiger partial charge in [0.15, 0.2) is 15.4 Å². The normalized spacial score (nSPS) is 16.8. The molecule has 138 valence electrons. The summed E-state index contributed by atoms with van der Waals surface area (Å²) in [5.41, 5.74) is 0.974. The quantitative estimate of drug-likeness (QED) is 0.804. The van der Waals surface area contributed by atoms with Crippen LogP contribution in [0.2, 0.25) is 0 Å². The first kappa shape index (κ1) is 18.4. The number of aromatic nitrogens is 2. The lowest BCUT2D eigenvalue weighted by molar-refractivity contribution is -0.128. The van der Waals surface area contributed by atoms with E-state index in [1.165, 1.54) is 12.1 Å². The van der Waals surface area contributed by atoms with E-state index in [-0.39, 0.29) is 10.7 Å². The van der Waals surface area contributed by atoms with Crippen LogP contribution in [0.5, 0.6) is 0 Å². The van der Waals surface area contributed by atoms with Gasteiger partial charge in [0.25, 0.3) is 0 Å². The van der Waals surface area contributed by atoms with Gasteiger partial charge in [0.2, 0.25) is 5.78 Å². The first-order valence-electron chi connectivity index (χ1n) is 8.49. The van der Waals surface area contributed by atoms with Gasteiger partial charge >= 0.3 is 0 Å². The number of nitrogens with zero attached hydrogens (tertiary/aromatic N) is 2. The summed E-state index contributed by atoms with van der Waals surface area (Å²) in [6.07, 6.45) is 5.69. The highest BCUT2D eigenvalue weighted by Gasteiger charge is 2.47. The first-order chi connectivity index (χ1) is 12.2. The number of carbonyl (C=O) groups excluding carboxylic acids is 1. The van der Waals surface area contributed by atoms with Crippen LogP contribution >= 0.6 is 0 Å². The Morgan fingerprint density at radius 2 is 1.73 bits per heavy atom. The summed E-state index contributed by atoms with van der Waals surface area (Å²) < 4.78 is 31.2. The molecule has 3 rings (SSSR count). The maximum atomic E-state index is 13.2. The lowest BCUT2D eigenvalue weighted by Gasteiger charge is -2.25. The average molecular weight is 374 g/mol. The zero-order valence-corrected chi connectivity index (χ0v) is 16.1. The van der Waals surface area contributed by atoms with Gasteiger partial charge in [-0.15, -0.1) is 0 Å². The summed E-state index contributed by atoms with van der Waals surface area (Å²) in [7, 11) is -1.50. The van der Waals surface area contributed by atoms with E-state index in [1.54, 1.807) is 36.3 Å². The number of ether oxygens (including phenoxy) is 1. The molecule has 2 aromatic rings. The number of rotatable bonds is 5. The second-order valence-electron chi connectivity index (χ2n) is 6.54. The molecule has 1 aliphatic rings. The van der Waals surface area contributed by atoms with Crippen LogP contribution < -0.4 is 0 Å². The molecule has 0 N–H and O–H groups in total. The predicted molar refractivity (Wildman–Crippen MR) is 99.0 cm³/mol. The third-order valence-electron chi connectivity index (χ3n) is 4.85. The molecule has 0 saturated heterocycles. The van der Waals surface area contributed by atoms with Crippen LogP contribution in [0.3, 0.4) is 0 Å². The van der Waals surface area contributed by atoms with Crippen LogP contribution in [0.4, 0.5) is 0 Å². The fourth-order valence-corrected chi connectivity index (χ4v) is 3.84. The molecule has 0 unspecified atom stereocenters. The van der Waals surface area contributed by atoms with Crippen molar-refractivity contribution in [3.63, 3.8) is 0 Å². The van der Waals surface area contributed by atoms with E-state index in [0.717, 1.165) is 6.26 Å². The largest absolute Gasteiger partial charge is 0.478 e. The standard InChI is InChI=1S/C19H22N2O4S/c1-5-19(6-2)18(22)16(14-11-20-21(3)12-14)17(25-19)13-7-9-15(10-8-13)26(4,23)24/h7-12H,5-6H2,1-4H3. The van der Waals surface area contributed by atoms with Gasteiger partial charge in [0, 0.05) is 30.6 Å². The Morgan fingerprint density at radius 3 is 2.19 bits per heavy atom. The Bertz CT molecular complexity index is 981. The van der Waals surface area contributed by atoms with Gasteiger partial charge in [0.05, 0.1) is 16.7 Å². The van der Waals surface area contributed by atoms with Crippen LogP contribution in [-0.4, -0.2) is 35.8 Å². The molecule has 26 heavy (non-hydrogen) atoms. The highest BCUT2D eigenvalue weighted by molar-refractivity contribution is 7.90. The van der Waals surface area contributed by atoms with Crippen molar-refractivity contribution in [2.24, 2.45) is 7.05 Å². The Hall–Kier alpha value is -2.41. The van der Waals surface area contributed by atoms with Crippen molar-refractivity contribution in [2.45, 2.75) is 37.2 Å². The van der Waals surface area contributed by atoms with Gasteiger partial charge < -0.3 is 4.74 Å². The number of sulfone groups is 1. The lowest BCUT2D eigenvalue weighted by Crippen LogP contribution is -2.35.